The molecule has 1 atom stereocenters. The molecule has 2 heterocycles. The fourth-order valence-corrected chi connectivity index (χ4v) is 2.21. The lowest BCUT2D eigenvalue weighted by atomic mass is 10.2. The number of rotatable bonds is 3. The van der Waals surface area contributed by atoms with Crippen LogP contribution in [0.3, 0.4) is 0 Å². The molecule has 92 valence electrons. The molecule has 0 bridgehead atoms. The van der Waals surface area contributed by atoms with Crippen LogP contribution in [0.2, 0.25) is 0 Å². The van der Waals surface area contributed by atoms with Gasteiger partial charge in [-0.1, -0.05) is 0 Å². The number of likely N-dealkylation sites (tertiary alicyclic amines) is 1. The van der Waals surface area contributed by atoms with Crippen LogP contribution >= 0.6 is 0 Å². The summed E-state index contributed by atoms with van der Waals surface area (Å²) < 4.78 is 0. The van der Waals surface area contributed by atoms with Crippen molar-refractivity contribution in [1.82, 2.24) is 9.88 Å². The van der Waals surface area contributed by atoms with Gasteiger partial charge < -0.3 is 10.2 Å². The summed E-state index contributed by atoms with van der Waals surface area (Å²) in [5, 5.41) is 3.12. The van der Waals surface area contributed by atoms with Crippen molar-refractivity contribution >= 4 is 11.7 Å². The van der Waals surface area contributed by atoms with Gasteiger partial charge in [-0.15, -0.1) is 0 Å². The Balaban J connectivity index is 2.08. The molecule has 1 amide bonds. The molecule has 1 aromatic rings. The quantitative estimate of drug-likeness (QED) is 0.870. The summed E-state index contributed by atoms with van der Waals surface area (Å²) in [5.74, 6) is 0.920. The third-order valence-electron chi connectivity index (χ3n) is 3.18. The Morgan fingerprint density at radius 3 is 2.94 bits per heavy atom. The largest absolute Gasteiger partial charge is 0.370 e. The summed E-state index contributed by atoms with van der Waals surface area (Å²) >= 11 is 0. The molecule has 0 aliphatic carbocycles. The molecule has 0 saturated carbocycles. The van der Waals surface area contributed by atoms with Crippen LogP contribution in [0.25, 0.3) is 0 Å². The van der Waals surface area contributed by atoms with E-state index in [1.807, 2.05) is 24.0 Å². The highest BCUT2D eigenvalue weighted by Crippen LogP contribution is 2.19. The molecule has 1 unspecified atom stereocenters. The Kier molecular flexibility index (Phi) is 3.61. The summed E-state index contributed by atoms with van der Waals surface area (Å²) in [6.07, 6.45) is 3.87. The van der Waals surface area contributed by atoms with E-state index >= 15 is 0 Å². The van der Waals surface area contributed by atoms with Crippen molar-refractivity contribution < 1.29 is 4.79 Å². The van der Waals surface area contributed by atoms with Gasteiger partial charge in [-0.2, -0.15) is 0 Å². The minimum Gasteiger partial charge on any atom is -0.370 e. The average Bonchev–Trinajstić information content (AvgIpc) is 2.76. The van der Waals surface area contributed by atoms with Crippen LogP contribution in [-0.2, 0) is 0 Å². The molecule has 1 N–H and O–H groups in total. The number of carbonyl (C=O) groups excluding carboxylic acids is 1. The number of anilines is 1. The molecule has 4 nitrogen and oxygen atoms in total. The van der Waals surface area contributed by atoms with Crippen molar-refractivity contribution in [3.05, 3.63) is 23.9 Å². The predicted molar refractivity (Wildman–Crippen MR) is 68.1 cm³/mol. The lowest BCUT2D eigenvalue weighted by molar-refractivity contribution is 0.0747. The number of hydrogen-bond donors (Lipinski definition) is 1. The van der Waals surface area contributed by atoms with Crippen LogP contribution < -0.4 is 5.32 Å². The maximum atomic E-state index is 12.2. The smallest absolute Gasteiger partial charge is 0.255 e. The first kappa shape index (κ1) is 11.9. The van der Waals surface area contributed by atoms with Gasteiger partial charge in [0.15, 0.2) is 0 Å². The van der Waals surface area contributed by atoms with Gasteiger partial charge in [-0.3, -0.25) is 4.79 Å². The molecular formula is C13H19N3O. The highest BCUT2D eigenvalue weighted by Gasteiger charge is 2.25. The van der Waals surface area contributed by atoms with Crippen molar-refractivity contribution in [2.45, 2.75) is 32.7 Å². The second kappa shape index (κ2) is 5.17. The second-order valence-electron chi connectivity index (χ2n) is 4.45. The van der Waals surface area contributed by atoms with E-state index in [1.165, 1.54) is 0 Å². The van der Waals surface area contributed by atoms with Gasteiger partial charge >= 0.3 is 0 Å². The molecule has 1 aliphatic rings. The van der Waals surface area contributed by atoms with E-state index in [0.717, 1.165) is 31.7 Å². The van der Waals surface area contributed by atoms with Gasteiger partial charge in [-0.05, 0) is 38.8 Å². The lowest BCUT2D eigenvalue weighted by Crippen LogP contribution is -2.33. The fourth-order valence-electron chi connectivity index (χ4n) is 2.21. The normalized spacial score (nSPS) is 19.4. The van der Waals surface area contributed by atoms with Crippen molar-refractivity contribution in [2.24, 2.45) is 0 Å². The molecule has 0 aromatic carbocycles. The van der Waals surface area contributed by atoms with Crippen molar-refractivity contribution in [3.8, 4) is 0 Å². The Bertz CT molecular complexity index is 388. The molecule has 1 saturated heterocycles. The molecule has 1 aromatic heterocycles. The first-order chi connectivity index (χ1) is 8.22. The Labute approximate surface area is 102 Å². The SMILES string of the molecule is CCNc1ccc(C(=O)N2CCCC2C)cn1. The number of nitrogens with zero attached hydrogens (tertiary/aromatic N) is 2. The number of aromatic nitrogens is 1. The van der Waals surface area contributed by atoms with Gasteiger partial charge in [0.05, 0.1) is 5.56 Å². The van der Waals surface area contributed by atoms with E-state index in [9.17, 15) is 4.79 Å². The zero-order chi connectivity index (χ0) is 12.3. The molecular weight excluding hydrogens is 214 g/mol. The van der Waals surface area contributed by atoms with Gasteiger partial charge in [-0.25, -0.2) is 4.98 Å². The topological polar surface area (TPSA) is 45.2 Å². The number of nitrogens with one attached hydrogen (secondary N) is 1. The lowest BCUT2D eigenvalue weighted by Gasteiger charge is -2.21. The molecule has 0 radical (unpaired) electrons. The molecule has 4 heteroatoms. The van der Waals surface area contributed by atoms with Crippen molar-refractivity contribution in [2.75, 3.05) is 18.4 Å². The molecule has 1 fully saturated rings. The van der Waals surface area contributed by atoms with Gasteiger partial charge in [0.25, 0.3) is 5.91 Å². The fraction of sp³-hybridized carbons (Fsp3) is 0.538. The van der Waals surface area contributed by atoms with E-state index < -0.39 is 0 Å². The maximum absolute atomic E-state index is 12.2. The minimum atomic E-state index is 0.102. The second-order valence-corrected chi connectivity index (χ2v) is 4.45. The van der Waals surface area contributed by atoms with Gasteiger partial charge in [0, 0.05) is 25.3 Å². The van der Waals surface area contributed by atoms with Crippen LogP contribution in [0.4, 0.5) is 5.82 Å². The number of amides is 1. The third-order valence-corrected chi connectivity index (χ3v) is 3.18. The van der Waals surface area contributed by atoms with Crippen molar-refractivity contribution in [1.29, 1.82) is 0 Å². The monoisotopic (exact) mass is 233 g/mol. The summed E-state index contributed by atoms with van der Waals surface area (Å²) in [6.45, 7) is 5.83. The highest BCUT2D eigenvalue weighted by atomic mass is 16.2. The molecule has 1 aliphatic heterocycles. The number of pyridine rings is 1. The van der Waals surface area contributed by atoms with Gasteiger partial charge in [0.1, 0.15) is 5.82 Å². The van der Waals surface area contributed by atoms with E-state index in [4.69, 9.17) is 0 Å². The Hall–Kier alpha value is -1.58. The van der Waals surface area contributed by atoms with E-state index in [0.29, 0.717) is 11.6 Å². The summed E-state index contributed by atoms with van der Waals surface area (Å²) in [4.78, 5) is 18.4. The van der Waals surface area contributed by atoms with E-state index in [-0.39, 0.29) is 5.91 Å². The van der Waals surface area contributed by atoms with Gasteiger partial charge in [0.2, 0.25) is 0 Å². The van der Waals surface area contributed by atoms with Crippen molar-refractivity contribution in [3.63, 3.8) is 0 Å². The summed E-state index contributed by atoms with van der Waals surface area (Å²) in [5.41, 5.74) is 0.681. The molecule has 0 spiro atoms. The van der Waals surface area contributed by atoms with E-state index in [1.54, 1.807) is 6.20 Å². The van der Waals surface area contributed by atoms with Crippen LogP contribution in [0.15, 0.2) is 18.3 Å². The average molecular weight is 233 g/mol. The van der Waals surface area contributed by atoms with Crippen LogP contribution in [-0.4, -0.2) is 34.9 Å². The van der Waals surface area contributed by atoms with Crippen LogP contribution in [0.5, 0.6) is 0 Å². The zero-order valence-corrected chi connectivity index (χ0v) is 10.4. The summed E-state index contributed by atoms with van der Waals surface area (Å²) in [6, 6.07) is 4.06. The standard InChI is InChI=1S/C13H19N3O/c1-3-14-12-7-6-11(9-15-12)13(17)16-8-4-5-10(16)2/h6-7,9-10H,3-5,8H2,1-2H3,(H,14,15). The minimum absolute atomic E-state index is 0.102. The Morgan fingerprint density at radius 1 is 1.59 bits per heavy atom. The predicted octanol–water partition coefficient (Wildman–Crippen LogP) is 2.14. The zero-order valence-electron chi connectivity index (χ0n) is 10.4. The first-order valence-electron chi connectivity index (χ1n) is 6.23. The number of carbonyl (C=O) groups is 1. The molecule has 17 heavy (non-hydrogen) atoms. The molecule has 2 rings (SSSR count). The van der Waals surface area contributed by atoms with E-state index in [2.05, 4.69) is 17.2 Å². The highest BCUT2D eigenvalue weighted by molar-refractivity contribution is 5.94. The maximum Gasteiger partial charge on any atom is 0.255 e. The third kappa shape index (κ3) is 2.57. The first-order valence-corrected chi connectivity index (χ1v) is 6.23. The Morgan fingerprint density at radius 2 is 2.41 bits per heavy atom. The number of hydrogen-bond acceptors (Lipinski definition) is 3. The summed E-state index contributed by atoms with van der Waals surface area (Å²) in [7, 11) is 0. The van der Waals surface area contributed by atoms with Crippen LogP contribution in [0, 0.1) is 0 Å². The van der Waals surface area contributed by atoms with Crippen LogP contribution in [0.1, 0.15) is 37.0 Å².